The monoisotopic (exact) mass is 299 g/mol. The Hall–Kier alpha value is -1.74. The number of aryl methyl sites for hydroxylation is 3. The summed E-state index contributed by atoms with van der Waals surface area (Å²) in [6, 6.07) is 11.5. The van der Waals surface area contributed by atoms with Gasteiger partial charge in [-0.1, -0.05) is 24.3 Å². The highest BCUT2D eigenvalue weighted by atomic mass is 32.2. The molecule has 2 aromatic rings. The van der Waals surface area contributed by atoms with Crippen LogP contribution in [0.25, 0.3) is 0 Å². The van der Waals surface area contributed by atoms with Crippen molar-refractivity contribution in [1.29, 1.82) is 0 Å². The average molecular weight is 299 g/mol. The van der Waals surface area contributed by atoms with Crippen molar-refractivity contribution in [3.8, 4) is 5.75 Å². The highest BCUT2D eigenvalue weighted by molar-refractivity contribution is 7.98. The molecule has 21 heavy (non-hydrogen) atoms. The van der Waals surface area contributed by atoms with E-state index in [1.165, 1.54) is 0 Å². The lowest BCUT2D eigenvalue weighted by Gasteiger charge is -2.06. The fraction of sp³-hybridized carbons (Fsp3) is 0.278. The molecular formula is C18H19O2S. The topological polar surface area (TPSA) is 37.0 Å². The van der Waals surface area contributed by atoms with Crippen molar-refractivity contribution in [2.75, 3.05) is 6.26 Å². The van der Waals surface area contributed by atoms with Crippen LogP contribution in [0, 0.1) is 13.8 Å². The number of hydrogen-bond donors (Lipinski definition) is 0. The number of thioether (sulfide) groups is 1. The number of carbonyl (C=O) groups is 1. The molecule has 0 saturated heterocycles. The van der Waals surface area contributed by atoms with Crippen LogP contribution < -0.4 is 0 Å². The number of hydrogen-bond acceptors (Lipinski definition) is 2. The minimum atomic E-state index is 0.0951. The van der Waals surface area contributed by atoms with E-state index in [0.29, 0.717) is 12.8 Å². The summed E-state index contributed by atoms with van der Waals surface area (Å²) in [6.07, 6.45) is 3.15. The second kappa shape index (κ2) is 6.81. The van der Waals surface area contributed by atoms with Crippen LogP contribution in [-0.2, 0) is 11.5 Å². The molecule has 0 unspecified atom stereocenters. The quantitative estimate of drug-likeness (QED) is 0.576. The SMILES string of the molecule is CSc1ccc(C(=O)CCc2cc(C)c([O])c(C)c2)cc1. The molecule has 0 N–H and O–H groups in total. The van der Waals surface area contributed by atoms with Crippen LogP contribution in [0.1, 0.15) is 33.5 Å². The standard InChI is InChI=1S/C18H19O2S/c1-12-10-14(11-13(2)18(12)20)4-9-17(19)15-5-7-16(21-3)8-6-15/h5-8,10-11H,4,9H2,1-3H3. The van der Waals surface area contributed by atoms with Crippen molar-refractivity contribution < 1.29 is 9.90 Å². The Kier molecular flexibility index (Phi) is 5.07. The van der Waals surface area contributed by atoms with Gasteiger partial charge in [-0.05, 0) is 55.3 Å². The summed E-state index contributed by atoms with van der Waals surface area (Å²) < 4.78 is 0. The fourth-order valence-corrected chi connectivity index (χ4v) is 2.77. The lowest BCUT2D eigenvalue weighted by molar-refractivity contribution is 0.0983. The zero-order chi connectivity index (χ0) is 15.4. The van der Waals surface area contributed by atoms with E-state index in [-0.39, 0.29) is 11.5 Å². The van der Waals surface area contributed by atoms with Gasteiger partial charge in [-0.2, -0.15) is 0 Å². The lowest BCUT2D eigenvalue weighted by atomic mass is 9.99. The van der Waals surface area contributed by atoms with Gasteiger partial charge in [-0.15, -0.1) is 11.8 Å². The number of Topliss-reactive ketones (excluding diaryl/α,β-unsaturated/α-hetero) is 1. The van der Waals surface area contributed by atoms with E-state index < -0.39 is 0 Å². The van der Waals surface area contributed by atoms with Gasteiger partial charge >= 0.3 is 0 Å². The van der Waals surface area contributed by atoms with Crippen LogP contribution in [0.2, 0.25) is 0 Å². The van der Waals surface area contributed by atoms with Crippen LogP contribution in [0.15, 0.2) is 41.3 Å². The van der Waals surface area contributed by atoms with Crippen LogP contribution in [-0.4, -0.2) is 12.0 Å². The minimum absolute atomic E-state index is 0.0951. The maximum Gasteiger partial charge on any atom is 0.184 e. The van der Waals surface area contributed by atoms with Gasteiger partial charge in [0.25, 0.3) is 0 Å². The molecule has 2 aromatic carbocycles. The number of carbonyl (C=O) groups excluding carboxylic acids is 1. The van der Waals surface area contributed by atoms with Crippen LogP contribution >= 0.6 is 11.8 Å². The van der Waals surface area contributed by atoms with Crippen molar-refractivity contribution in [3.63, 3.8) is 0 Å². The summed E-state index contributed by atoms with van der Waals surface area (Å²) in [4.78, 5) is 13.3. The summed E-state index contributed by atoms with van der Waals surface area (Å²) in [5.74, 6) is 0.238. The normalized spacial score (nSPS) is 10.6. The highest BCUT2D eigenvalue weighted by Crippen LogP contribution is 2.24. The molecule has 0 aliphatic rings. The molecule has 0 aromatic heterocycles. The summed E-state index contributed by atoms with van der Waals surface area (Å²) in [6.45, 7) is 3.64. The number of rotatable bonds is 5. The van der Waals surface area contributed by atoms with Gasteiger partial charge in [0.15, 0.2) is 11.5 Å². The molecule has 0 saturated carbocycles. The summed E-state index contributed by atoms with van der Waals surface area (Å²) in [5.41, 5.74) is 3.31. The average Bonchev–Trinajstić information content (AvgIpc) is 2.50. The number of ketones is 1. The maximum atomic E-state index is 12.2. The van der Waals surface area contributed by atoms with Gasteiger partial charge < -0.3 is 0 Å². The first kappa shape index (κ1) is 15.6. The van der Waals surface area contributed by atoms with Gasteiger partial charge in [0.1, 0.15) is 0 Å². The van der Waals surface area contributed by atoms with E-state index in [9.17, 15) is 9.90 Å². The van der Waals surface area contributed by atoms with E-state index in [2.05, 4.69) is 0 Å². The molecule has 0 aliphatic carbocycles. The maximum absolute atomic E-state index is 12.2. The van der Waals surface area contributed by atoms with Gasteiger partial charge in [0, 0.05) is 16.9 Å². The highest BCUT2D eigenvalue weighted by Gasteiger charge is 2.09. The van der Waals surface area contributed by atoms with E-state index in [1.54, 1.807) is 11.8 Å². The second-order valence-electron chi connectivity index (χ2n) is 5.21. The molecular weight excluding hydrogens is 280 g/mol. The molecule has 109 valence electrons. The van der Waals surface area contributed by atoms with Crippen LogP contribution in [0.4, 0.5) is 0 Å². The van der Waals surface area contributed by atoms with Crippen molar-refractivity contribution in [2.45, 2.75) is 31.6 Å². The zero-order valence-electron chi connectivity index (χ0n) is 12.6. The molecule has 0 atom stereocenters. The van der Waals surface area contributed by atoms with E-state index in [4.69, 9.17) is 0 Å². The van der Waals surface area contributed by atoms with Crippen LogP contribution in [0.5, 0.6) is 5.75 Å². The van der Waals surface area contributed by atoms with E-state index in [1.807, 2.05) is 56.5 Å². The zero-order valence-corrected chi connectivity index (χ0v) is 13.4. The first-order valence-electron chi connectivity index (χ1n) is 6.95. The molecule has 2 rings (SSSR count). The smallest absolute Gasteiger partial charge is 0.184 e. The van der Waals surface area contributed by atoms with Gasteiger partial charge in [0.2, 0.25) is 0 Å². The Morgan fingerprint density at radius 3 is 2.14 bits per heavy atom. The predicted octanol–water partition coefficient (Wildman–Crippen LogP) is 4.98. The molecule has 1 radical (unpaired) electrons. The van der Waals surface area contributed by atoms with Gasteiger partial charge in [-0.3, -0.25) is 9.90 Å². The Bertz CT molecular complexity index is 622. The van der Waals surface area contributed by atoms with Crippen molar-refractivity contribution in [3.05, 3.63) is 58.7 Å². The second-order valence-corrected chi connectivity index (χ2v) is 6.09. The van der Waals surface area contributed by atoms with Gasteiger partial charge in [-0.25, -0.2) is 0 Å². The third-order valence-corrected chi connectivity index (χ3v) is 4.32. The van der Waals surface area contributed by atoms with E-state index >= 15 is 0 Å². The Morgan fingerprint density at radius 2 is 1.62 bits per heavy atom. The molecule has 0 fully saturated rings. The summed E-state index contributed by atoms with van der Waals surface area (Å²) in [5, 5.41) is 11.7. The minimum Gasteiger partial charge on any atom is -0.294 e. The molecule has 0 amide bonds. The molecule has 3 heteroatoms. The largest absolute Gasteiger partial charge is 0.294 e. The summed E-state index contributed by atoms with van der Waals surface area (Å²) in [7, 11) is 0. The van der Waals surface area contributed by atoms with Crippen molar-refractivity contribution in [2.24, 2.45) is 0 Å². The third kappa shape index (κ3) is 3.88. The molecule has 0 spiro atoms. The van der Waals surface area contributed by atoms with Crippen LogP contribution in [0.3, 0.4) is 0 Å². The third-order valence-electron chi connectivity index (χ3n) is 3.57. The van der Waals surface area contributed by atoms with E-state index in [0.717, 1.165) is 27.1 Å². The summed E-state index contributed by atoms with van der Waals surface area (Å²) >= 11 is 1.66. The predicted molar refractivity (Wildman–Crippen MR) is 86.9 cm³/mol. The Balaban J connectivity index is 2.03. The number of benzene rings is 2. The Labute approximate surface area is 130 Å². The lowest BCUT2D eigenvalue weighted by Crippen LogP contribution is -2.01. The Morgan fingerprint density at radius 1 is 1.05 bits per heavy atom. The van der Waals surface area contributed by atoms with Gasteiger partial charge in [0.05, 0.1) is 0 Å². The molecule has 2 nitrogen and oxygen atoms in total. The molecule has 0 bridgehead atoms. The first-order chi connectivity index (χ1) is 10.0. The van der Waals surface area contributed by atoms with Crippen molar-refractivity contribution in [1.82, 2.24) is 0 Å². The fourth-order valence-electron chi connectivity index (χ4n) is 2.36. The molecule has 0 heterocycles. The first-order valence-corrected chi connectivity index (χ1v) is 8.18. The molecule has 0 aliphatic heterocycles. The van der Waals surface area contributed by atoms with Crippen molar-refractivity contribution >= 4 is 17.5 Å².